The predicted molar refractivity (Wildman–Crippen MR) is 82.1 cm³/mol. The third kappa shape index (κ3) is 2.62. The van der Waals surface area contributed by atoms with Gasteiger partial charge in [0, 0.05) is 6.54 Å². The topological polar surface area (TPSA) is 47.8 Å². The summed E-state index contributed by atoms with van der Waals surface area (Å²) in [6, 6.07) is 7.85. The smallest absolute Gasteiger partial charge is 0.178 e. The molecule has 1 fully saturated rings. The maximum Gasteiger partial charge on any atom is 0.178 e. The number of benzene rings is 1. The molecule has 2 aromatic rings. The molecule has 1 aliphatic rings. The zero-order valence-electron chi connectivity index (χ0n) is 11.4. The van der Waals surface area contributed by atoms with E-state index in [0.717, 1.165) is 35.3 Å². The molecule has 104 valence electrons. The molecule has 2 heterocycles. The molecular weight excluding hydrogens is 268 g/mol. The van der Waals surface area contributed by atoms with Crippen LogP contribution in [-0.2, 0) is 6.54 Å². The van der Waals surface area contributed by atoms with Gasteiger partial charge in [0.1, 0.15) is 0 Å². The number of likely N-dealkylation sites (tertiary alicyclic amines) is 1. The maximum atomic E-state index is 9.01. The largest absolute Gasteiger partial charge is 0.331 e. The van der Waals surface area contributed by atoms with Crippen LogP contribution in [0.25, 0.3) is 11.0 Å². The molecule has 0 spiro atoms. The van der Waals surface area contributed by atoms with E-state index in [0.29, 0.717) is 5.56 Å². The lowest BCUT2D eigenvalue weighted by molar-refractivity contribution is 0.326. The number of hydrogen-bond donors (Lipinski definition) is 1. The van der Waals surface area contributed by atoms with Gasteiger partial charge < -0.3 is 14.5 Å². The lowest BCUT2D eigenvalue weighted by Gasteiger charge is -2.14. The Hall–Kier alpha value is -1.64. The molecular formula is C15H18N4S. The van der Waals surface area contributed by atoms with E-state index in [1.54, 1.807) is 0 Å². The van der Waals surface area contributed by atoms with Gasteiger partial charge in [-0.25, -0.2) is 0 Å². The fourth-order valence-corrected chi connectivity index (χ4v) is 3.20. The van der Waals surface area contributed by atoms with Crippen LogP contribution in [0.1, 0.15) is 24.8 Å². The van der Waals surface area contributed by atoms with Gasteiger partial charge in [-0.1, -0.05) is 0 Å². The SMILES string of the molecule is N#Cc1ccc2[nH]c(=S)n(CCCN3CCCC3)c2c1. The Morgan fingerprint density at radius 3 is 2.80 bits per heavy atom. The van der Waals surface area contributed by atoms with Crippen molar-refractivity contribution < 1.29 is 0 Å². The lowest BCUT2D eigenvalue weighted by Crippen LogP contribution is -2.21. The standard InChI is InChI=1S/C15H18N4S/c16-11-12-4-5-13-14(10-12)19(15(20)17-13)9-3-8-18-6-1-2-7-18/h4-5,10H,1-3,6-9H2,(H,17,20). The Morgan fingerprint density at radius 1 is 1.25 bits per heavy atom. The number of fused-ring (bicyclic) bond motifs is 1. The first kappa shape index (κ1) is 13.3. The van der Waals surface area contributed by atoms with Gasteiger partial charge in [-0.05, 0) is 69.3 Å². The molecule has 1 aliphatic heterocycles. The van der Waals surface area contributed by atoms with Crippen molar-refractivity contribution in [3.63, 3.8) is 0 Å². The Balaban J connectivity index is 1.77. The van der Waals surface area contributed by atoms with Crippen molar-refractivity contribution in [2.75, 3.05) is 19.6 Å². The number of aryl methyl sites for hydroxylation is 1. The minimum atomic E-state index is 0.680. The monoisotopic (exact) mass is 286 g/mol. The van der Waals surface area contributed by atoms with E-state index in [4.69, 9.17) is 17.5 Å². The molecule has 0 amide bonds. The lowest BCUT2D eigenvalue weighted by atomic mass is 10.2. The number of aromatic nitrogens is 2. The van der Waals surface area contributed by atoms with Gasteiger partial charge in [-0.15, -0.1) is 0 Å². The number of nitriles is 1. The zero-order valence-corrected chi connectivity index (χ0v) is 12.2. The van der Waals surface area contributed by atoms with Crippen LogP contribution in [0.15, 0.2) is 18.2 Å². The first-order valence-electron chi connectivity index (χ1n) is 7.13. The zero-order chi connectivity index (χ0) is 13.9. The summed E-state index contributed by atoms with van der Waals surface area (Å²) in [5.41, 5.74) is 2.73. The van der Waals surface area contributed by atoms with Crippen LogP contribution in [0.4, 0.5) is 0 Å². The minimum Gasteiger partial charge on any atom is -0.331 e. The first-order valence-corrected chi connectivity index (χ1v) is 7.54. The second-order valence-electron chi connectivity index (χ2n) is 5.33. The second-order valence-corrected chi connectivity index (χ2v) is 5.71. The molecule has 1 N–H and O–H groups in total. The predicted octanol–water partition coefficient (Wildman–Crippen LogP) is 3.06. The van der Waals surface area contributed by atoms with Crippen molar-refractivity contribution in [3.05, 3.63) is 28.5 Å². The van der Waals surface area contributed by atoms with E-state index in [9.17, 15) is 0 Å². The molecule has 0 unspecified atom stereocenters. The maximum absolute atomic E-state index is 9.01. The number of nitrogens with zero attached hydrogens (tertiary/aromatic N) is 3. The fraction of sp³-hybridized carbons (Fsp3) is 0.467. The molecule has 0 saturated carbocycles. The summed E-state index contributed by atoms with van der Waals surface area (Å²) in [5, 5.41) is 9.01. The van der Waals surface area contributed by atoms with Crippen LogP contribution in [0.5, 0.6) is 0 Å². The van der Waals surface area contributed by atoms with Crippen molar-refractivity contribution in [3.8, 4) is 6.07 Å². The number of rotatable bonds is 4. The van der Waals surface area contributed by atoms with Gasteiger partial charge in [0.05, 0.1) is 22.7 Å². The van der Waals surface area contributed by atoms with Crippen LogP contribution < -0.4 is 0 Å². The molecule has 1 aromatic heterocycles. The van der Waals surface area contributed by atoms with E-state index in [1.165, 1.54) is 25.9 Å². The molecule has 1 aromatic carbocycles. The van der Waals surface area contributed by atoms with E-state index >= 15 is 0 Å². The summed E-state index contributed by atoms with van der Waals surface area (Å²) in [7, 11) is 0. The Morgan fingerprint density at radius 2 is 2.05 bits per heavy atom. The summed E-state index contributed by atoms with van der Waals surface area (Å²) in [6.45, 7) is 4.51. The van der Waals surface area contributed by atoms with Crippen LogP contribution in [0, 0.1) is 16.1 Å². The third-order valence-electron chi connectivity index (χ3n) is 3.96. The molecule has 5 heteroatoms. The van der Waals surface area contributed by atoms with Crippen LogP contribution in [-0.4, -0.2) is 34.1 Å². The molecule has 4 nitrogen and oxygen atoms in total. The summed E-state index contributed by atoms with van der Waals surface area (Å²) < 4.78 is 2.86. The summed E-state index contributed by atoms with van der Waals surface area (Å²) >= 11 is 5.39. The summed E-state index contributed by atoms with van der Waals surface area (Å²) in [4.78, 5) is 5.72. The number of imidazole rings is 1. The molecule has 0 aliphatic carbocycles. The molecule has 0 radical (unpaired) electrons. The van der Waals surface area contributed by atoms with E-state index in [2.05, 4.69) is 20.5 Å². The average molecular weight is 286 g/mol. The van der Waals surface area contributed by atoms with Crippen molar-refractivity contribution in [1.29, 1.82) is 5.26 Å². The molecule has 3 rings (SSSR count). The average Bonchev–Trinajstić information content (AvgIpc) is 3.07. The summed E-state index contributed by atoms with van der Waals surface area (Å²) in [6.07, 6.45) is 3.76. The van der Waals surface area contributed by atoms with Gasteiger partial charge in [-0.2, -0.15) is 5.26 Å². The van der Waals surface area contributed by atoms with Gasteiger partial charge in [0.2, 0.25) is 0 Å². The van der Waals surface area contributed by atoms with Crippen LogP contribution >= 0.6 is 12.2 Å². The Labute approximate surface area is 123 Å². The summed E-state index contributed by atoms with van der Waals surface area (Å²) in [5.74, 6) is 0. The Bertz CT molecular complexity index is 701. The number of aromatic amines is 1. The molecule has 1 saturated heterocycles. The Kier molecular flexibility index (Phi) is 3.86. The van der Waals surface area contributed by atoms with E-state index in [-0.39, 0.29) is 0 Å². The fourth-order valence-electron chi connectivity index (χ4n) is 2.90. The van der Waals surface area contributed by atoms with E-state index in [1.807, 2.05) is 18.2 Å². The number of H-pyrrole nitrogens is 1. The molecule has 0 atom stereocenters. The number of hydrogen-bond acceptors (Lipinski definition) is 3. The highest BCUT2D eigenvalue weighted by atomic mass is 32.1. The van der Waals surface area contributed by atoms with Crippen molar-refractivity contribution >= 4 is 23.3 Å². The highest BCUT2D eigenvalue weighted by Gasteiger charge is 2.11. The van der Waals surface area contributed by atoms with Gasteiger partial charge >= 0.3 is 0 Å². The minimum absolute atomic E-state index is 0.680. The normalized spacial score (nSPS) is 15.8. The second kappa shape index (κ2) is 5.78. The quantitative estimate of drug-likeness (QED) is 0.879. The number of nitrogens with one attached hydrogen (secondary N) is 1. The first-order chi connectivity index (χ1) is 9.78. The van der Waals surface area contributed by atoms with Gasteiger partial charge in [-0.3, -0.25) is 0 Å². The highest BCUT2D eigenvalue weighted by Crippen LogP contribution is 2.17. The van der Waals surface area contributed by atoms with Crippen molar-refractivity contribution in [2.45, 2.75) is 25.8 Å². The highest BCUT2D eigenvalue weighted by molar-refractivity contribution is 7.71. The van der Waals surface area contributed by atoms with Gasteiger partial charge in [0.25, 0.3) is 0 Å². The van der Waals surface area contributed by atoms with Crippen molar-refractivity contribution in [2.24, 2.45) is 0 Å². The molecule has 0 bridgehead atoms. The van der Waals surface area contributed by atoms with Crippen molar-refractivity contribution in [1.82, 2.24) is 14.5 Å². The van der Waals surface area contributed by atoms with E-state index < -0.39 is 0 Å². The van der Waals surface area contributed by atoms with Crippen LogP contribution in [0.3, 0.4) is 0 Å². The van der Waals surface area contributed by atoms with Gasteiger partial charge in [0.15, 0.2) is 4.77 Å². The van der Waals surface area contributed by atoms with Crippen LogP contribution in [0.2, 0.25) is 0 Å². The third-order valence-corrected chi connectivity index (χ3v) is 4.28. The molecule has 20 heavy (non-hydrogen) atoms.